The van der Waals surface area contributed by atoms with Gasteiger partial charge in [-0.1, -0.05) is 24.0 Å². The lowest BCUT2D eigenvalue weighted by Gasteiger charge is -2.14. The number of carbonyl (C=O) groups excluding carboxylic acids is 1. The second kappa shape index (κ2) is 7.72. The molecular formula is C19H18N2O6. The van der Waals surface area contributed by atoms with Gasteiger partial charge in [0.15, 0.2) is 5.78 Å². The van der Waals surface area contributed by atoms with Gasteiger partial charge in [-0.25, -0.2) is 4.79 Å². The van der Waals surface area contributed by atoms with Crippen molar-refractivity contribution in [2.75, 3.05) is 6.61 Å². The number of aliphatic hydroxyl groups excluding tert-OH is 2. The van der Waals surface area contributed by atoms with Crippen LogP contribution in [0.5, 0.6) is 0 Å². The number of nitrogens with zero attached hydrogens (tertiary/aromatic N) is 1. The van der Waals surface area contributed by atoms with Crippen molar-refractivity contribution in [3.63, 3.8) is 0 Å². The van der Waals surface area contributed by atoms with Crippen LogP contribution >= 0.6 is 0 Å². The first-order valence-corrected chi connectivity index (χ1v) is 8.32. The molecule has 140 valence electrons. The van der Waals surface area contributed by atoms with E-state index in [1.807, 2.05) is 0 Å². The van der Waals surface area contributed by atoms with Crippen LogP contribution in [-0.2, 0) is 4.74 Å². The maximum absolute atomic E-state index is 12.1. The van der Waals surface area contributed by atoms with Crippen molar-refractivity contribution in [3.05, 3.63) is 68.0 Å². The molecule has 1 aromatic heterocycles. The molecule has 8 nitrogen and oxygen atoms in total. The van der Waals surface area contributed by atoms with Crippen LogP contribution in [0, 0.1) is 11.8 Å². The van der Waals surface area contributed by atoms with Crippen LogP contribution in [0.15, 0.2) is 40.1 Å². The summed E-state index contributed by atoms with van der Waals surface area (Å²) < 4.78 is 6.59. The number of hydrogen-bond donors (Lipinski definition) is 3. The van der Waals surface area contributed by atoms with Crippen LogP contribution in [-0.4, -0.2) is 44.4 Å². The van der Waals surface area contributed by atoms with Gasteiger partial charge in [0, 0.05) is 23.7 Å². The molecule has 1 fully saturated rings. The van der Waals surface area contributed by atoms with Crippen LogP contribution < -0.4 is 11.2 Å². The molecule has 2 aromatic rings. The summed E-state index contributed by atoms with van der Waals surface area (Å²) in [5.74, 6) is 5.45. The van der Waals surface area contributed by atoms with E-state index in [2.05, 4.69) is 16.8 Å². The number of hydrogen-bond acceptors (Lipinski definition) is 6. The number of ether oxygens (including phenoxy) is 1. The summed E-state index contributed by atoms with van der Waals surface area (Å²) in [6.07, 6.45) is -1.13. The number of ketones is 1. The lowest BCUT2D eigenvalue weighted by molar-refractivity contribution is -0.0459. The second-order valence-electron chi connectivity index (χ2n) is 6.21. The third-order valence-corrected chi connectivity index (χ3v) is 4.30. The Morgan fingerprint density at radius 3 is 2.59 bits per heavy atom. The zero-order chi connectivity index (χ0) is 19.6. The lowest BCUT2D eigenvalue weighted by atomic mass is 10.1. The third-order valence-electron chi connectivity index (χ3n) is 4.30. The number of nitrogens with one attached hydrogen (secondary N) is 1. The first-order valence-electron chi connectivity index (χ1n) is 8.32. The highest BCUT2D eigenvalue weighted by Crippen LogP contribution is 2.27. The van der Waals surface area contributed by atoms with Gasteiger partial charge in [0.2, 0.25) is 0 Å². The maximum atomic E-state index is 12.1. The molecule has 0 spiro atoms. The molecule has 3 N–H and O–H groups in total. The summed E-state index contributed by atoms with van der Waals surface area (Å²) in [5.41, 5.74) is -0.114. The molecule has 0 unspecified atom stereocenters. The van der Waals surface area contributed by atoms with Gasteiger partial charge in [-0.15, -0.1) is 0 Å². The fourth-order valence-corrected chi connectivity index (χ4v) is 2.77. The van der Waals surface area contributed by atoms with Crippen molar-refractivity contribution in [2.45, 2.75) is 31.8 Å². The predicted molar refractivity (Wildman–Crippen MR) is 95.4 cm³/mol. The first kappa shape index (κ1) is 18.8. The highest BCUT2D eigenvalue weighted by atomic mass is 16.5. The van der Waals surface area contributed by atoms with E-state index in [0.29, 0.717) is 11.1 Å². The molecule has 0 amide bonds. The maximum Gasteiger partial charge on any atom is 0.330 e. The second-order valence-corrected chi connectivity index (χ2v) is 6.21. The summed E-state index contributed by atoms with van der Waals surface area (Å²) in [7, 11) is 0. The standard InChI is InChI=1S/C19H18N2O6/c1-11(23)13-5-2-12(3-6-13)4-7-14-9-21(19(26)20-18(14)25)17-8-15(24)16(10-22)27-17/h2-3,5-6,9,15-17,22,24H,8,10H2,1H3,(H,20,25,26)/t15-,16+,17+/m0/s1. The molecule has 3 atom stereocenters. The Labute approximate surface area is 154 Å². The van der Waals surface area contributed by atoms with Crippen molar-refractivity contribution in [1.29, 1.82) is 0 Å². The van der Waals surface area contributed by atoms with Crippen molar-refractivity contribution in [1.82, 2.24) is 9.55 Å². The van der Waals surface area contributed by atoms with E-state index in [0.717, 1.165) is 4.57 Å². The predicted octanol–water partition coefficient (Wildman–Crippen LogP) is -0.220. The molecule has 0 bridgehead atoms. The molecule has 2 heterocycles. The number of Topliss-reactive ketones (excluding diaryl/α,β-unsaturated/α-hetero) is 1. The zero-order valence-electron chi connectivity index (χ0n) is 14.5. The Hall–Kier alpha value is -2.99. The van der Waals surface area contributed by atoms with E-state index < -0.39 is 29.7 Å². The average Bonchev–Trinajstić information content (AvgIpc) is 3.02. The van der Waals surface area contributed by atoms with Crippen molar-refractivity contribution >= 4 is 5.78 Å². The van der Waals surface area contributed by atoms with E-state index in [1.54, 1.807) is 24.3 Å². The van der Waals surface area contributed by atoms with Gasteiger partial charge < -0.3 is 14.9 Å². The molecule has 8 heteroatoms. The van der Waals surface area contributed by atoms with Crippen LogP contribution in [0.4, 0.5) is 0 Å². The molecule has 0 saturated carbocycles. The fourth-order valence-electron chi connectivity index (χ4n) is 2.77. The molecule has 1 saturated heterocycles. The lowest BCUT2D eigenvalue weighted by Crippen LogP contribution is -2.33. The van der Waals surface area contributed by atoms with E-state index in [-0.39, 0.29) is 24.4 Å². The topological polar surface area (TPSA) is 122 Å². The summed E-state index contributed by atoms with van der Waals surface area (Å²) in [6, 6.07) is 6.60. The molecule has 0 aliphatic carbocycles. The van der Waals surface area contributed by atoms with Crippen molar-refractivity contribution in [3.8, 4) is 11.8 Å². The number of aromatic amines is 1. The SMILES string of the molecule is CC(=O)c1ccc(C#Cc2cn([C@H]3C[C@H](O)[C@@H](CO)O3)c(=O)[nH]c2=O)cc1. The Kier molecular flexibility index (Phi) is 5.37. The van der Waals surface area contributed by atoms with Crippen LogP contribution in [0.1, 0.15) is 41.1 Å². The Morgan fingerprint density at radius 2 is 2.00 bits per heavy atom. The summed E-state index contributed by atoms with van der Waals surface area (Å²) in [4.78, 5) is 37.5. The minimum atomic E-state index is -0.909. The Morgan fingerprint density at radius 1 is 1.30 bits per heavy atom. The van der Waals surface area contributed by atoms with Gasteiger partial charge in [0.1, 0.15) is 17.9 Å². The van der Waals surface area contributed by atoms with E-state index in [1.165, 1.54) is 13.1 Å². The number of carbonyl (C=O) groups is 1. The summed E-state index contributed by atoms with van der Waals surface area (Å²) in [6.45, 7) is 1.09. The molecular weight excluding hydrogens is 352 g/mol. The normalized spacial score (nSPS) is 21.5. The Bertz CT molecular complexity index is 1030. The van der Waals surface area contributed by atoms with E-state index in [9.17, 15) is 19.5 Å². The number of rotatable bonds is 3. The van der Waals surface area contributed by atoms with Gasteiger partial charge in [-0.2, -0.15) is 0 Å². The average molecular weight is 370 g/mol. The van der Waals surface area contributed by atoms with Gasteiger partial charge in [-0.05, 0) is 19.1 Å². The van der Waals surface area contributed by atoms with Gasteiger partial charge in [0.25, 0.3) is 5.56 Å². The number of benzene rings is 1. The van der Waals surface area contributed by atoms with E-state index in [4.69, 9.17) is 9.84 Å². The monoisotopic (exact) mass is 370 g/mol. The quantitative estimate of drug-likeness (QED) is 0.507. The van der Waals surface area contributed by atoms with Crippen LogP contribution in [0.25, 0.3) is 0 Å². The minimum Gasteiger partial charge on any atom is -0.394 e. The molecule has 1 aromatic carbocycles. The molecule has 27 heavy (non-hydrogen) atoms. The summed E-state index contributed by atoms with van der Waals surface area (Å²) in [5, 5.41) is 19.0. The van der Waals surface area contributed by atoms with Gasteiger partial charge in [0.05, 0.1) is 12.7 Å². The van der Waals surface area contributed by atoms with Gasteiger partial charge >= 0.3 is 5.69 Å². The van der Waals surface area contributed by atoms with Crippen molar-refractivity contribution < 1.29 is 19.7 Å². The number of aromatic nitrogens is 2. The molecule has 3 rings (SSSR count). The number of aliphatic hydroxyl groups is 2. The van der Waals surface area contributed by atoms with Crippen LogP contribution in [0.2, 0.25) is 0 Å². The largest absolute Gasteiger partial charge is 0.394 e. The van der Waals surface area contributed by atoms with E-state index >= 15 is 0 Å². The third kappa shape index (κ3) is 4.06. The van der Waals surface area contributed by atoms with Crippen molar-refractivity contribution in [2.24, 2.45) is 0 Å². The smallest absolute Gasteiger partial charge is 0.330 e. The Balaban J connectivity index is 1.90. The highest BCUT2D eigenvalue weighted by Gasteiger charge is 2.35. The molecule has 1 aliphatic heterocycles. The minimum absolute atomic E-state index is 0.0517. The molecule has 1 aliphatic rings. The summed E-state index contributed by atoms with van der Waals surface area (Å²) >= 11 is 0. The number of H-pyrrole nitrogens is 1. The van der Waals surface area contributed by atoms with Crippen LogP contribution in [0.3, 0.4) is 0 Å². The fraction of sp³-hybridized carbons (Fsp3) is 0.316. The highest BCUT2D eigenvalue weighted by molar-refractivity contribution is 5.94. The van der Waals surface area contributed by atoms with Gasteiger partial charge in [-0.3, -0.25) is 19.1 Å². The molecule has 0 radical (unpaired) electrons. The zero-order valence-corrected chi connectivity index (χ0v) is 14.5. The first-order chi connectivity index (χ1) is 12.9.